The van der Waals surface area contributed by atoms with Crippen LogP contribution in [0.15, 0.2) is 41.3 Å². The molecule has 1 aliphatic heterocycles. The van der Waals surface area contributed by atoms with Crippen LogP contribution in [0, 0.1) is 19.8 Å². The number of hydrogen-bond acceptors (Lipinski definition) is 5. The summed E-state index contributed by atoms with van der Waals surface area (Å²) < 4.78 is 66.7. The molecule has 3 N–H and O–H groups in total. The molecule has 2 amide bonds. The Labute approximate surface area is 209 Å². The van der Waals surface area contributed by atoms with E-state index in [1.807, 2.05) is 13.8 Å². The van der Waals surface area contributed by atoms with E-state index >= 15 is 0 Å². The molecule has 1 saturated heterocycles. The third-order valence-corrected chi connectivity index (χ3v) is 7.61. The summed E-state index contributed by atoms with van der Waals surface area (Å²) in [4.78, 5) is 17.9. The van der Waals surface area contributed by atoms with Gasteiger partial charge in [0.1, 0.15) is 0 Å². The van der Waals surface area contributed by atoms with E-state index < -0.39 is 26.7 Å². The van der Waals surface area contributed by atoms with Gasteiger partial charge in [-0.15, -0.1) is 0 Å². The summed E-state index contributed by atoms with van der Waals surface area (Å²) in [6, 6.07) is 7.49. The number of anilines is 1. The van der Waals surface area contributed by atoms with E-state index in [1.165, 1.54) is 12.1 Å². The molecule has 2 aromatic rings. The molecule has 1 fully saturated rings. The summed E-state index contributed by atoms with van der Waals surface area (Å²) in [5, 5.41) is 5.64. The van der Waals surface area contributed by atoms with Crippen LogP contribution in [0.25, 0.3) is 0 Å². The van der Waals surface area contributed by atoms with Gasteiger partial charge in [0, 0.05) is 36.7 Å². The minimum atomic E-state index is -4.75. The lowest BCUT2D eigenvalue weighted by Crippen LogP contribution is -2.41. The number of nitrogens with one attached hydrogen (secondary N) is 3. The van der Waals surface area contributed by atoms with Gasteiger partial charge >= 0.3 is 12.2 Å². The molecule has 0 aliphatic carbocycles. The summed E-state index contributed by atoms with van der Waals surface area (Å²) >= 11 is 0. The maximum Gasteiger partial charge on any atom is 0.417 e. The van der Waals surface area contributed by atoms with E-state index in [4.69, 9.17) is 0 Å². The number of halogens is 3. The summed E-state index contributed by atoms with van der Waals surface area (Å²) in [7, 11) is -4.26. The van der Waals surface area contributed by atoms with Crippen LogP contribution in [-0.2, 0) is 16.2 Å². The number of hydrogen-bond donors (Lipinski definition) is 3. The van der Waals surface area contributed by atoms with Gasteiger partial charge in [-0.2, -0.15) is 13.2 Å². The van der Waals surface area contributed by atoms with Gasteiger partial charge in [-0.1, -0.05) is 12.1 Å². The van der Waals surface area contributed by atoms with Crippen LogP contribution < -0.4 is 15.4 Å². The third kappa shape index (κ3) is 8.17. The first-order valence-corrected chi connectivity index (χ1v) is 13.3. The third-order valence-electron chi connectivity index (χ3n) is 6.09. The van der Waals surface area contributed by atoms with Crippen LogP contribution in [0.2, 0.25) is 0 Å². The number of carbonyl (C=O) groups is 1. The number of rotatable bonds is 9. The minimum absolute atomic E-state index is 0.0782. The van der Waals surface area contributed by atoms with E-state index in [2.05, 4.69) is 25.2 Å². The first-order valence-electron chi connectivity index (χ1n) is 11.8. The monoisotopic (exact) mass is 527 g/mol. The Hall–Kier alpha value is -2.70. The summed E-state index contributed by atoms with van der Waals surface area (Å²) in [5.74, 6) is 0.274. The van der Waals surface area contributed by atoms with E-state index in [-0.39, 0.29) is 18.5 Å². The smallest absolute Gasteiger partial charge is 0.337 e. The van der Waals surface area contributed by atoms with Crippen molar-refractivity contribution >= 4 is 21.7 Å². The highest BCUT2D eigenvalue weighted by Crippen LogP contribution is 2.33. The van der Waals surface area contributed by atoms with Crippen molar-refractivity contribution in [2.24, 2.45) is 5.92 Å². The van der Waals surface area contributed by atoms with Crippen LogP contribution in [-0.4, -0.2) is 57.1 Å². The van der Waals surface area contributed by atoms with E-state index in [0.29, 0.717) is 25.2 Å². The number of aromatic nitrogens is 1. The van der Waals surface area contributed by atoms with E-state index in [0.717, 1.165) is 49.5 Å². The van der Waals surface area contributed by atoms with Crippen molar-refractivity contribution in [3.8, 4) is 0 Å². The number of pyridine rings is 1. The maximum atomic E-state index is 13.2. The van der Waals surface area contributed by atoms with E-state index in [1.54, 1.807) is 12.1 Å². The average Bonchev–Trinajstić information content (AvgIpc) is 2.79. The predicted molar refractivity (Wildman–Crippen MR) is 131 cm³/mol. The zero-order chi connectivity index (χ0) is 26.3. The number of urea groups is 1. The van der Waals surface area contributed by atoms with Gasteiger partial charge in [-0.3, -0.25) is 4.98 Å². The Kier molecular flexibility index (Phi) is 9.31. The van der Waals surface area contributed by atoms with Crippen LogP contribution in [0.3, 0.4) is 0 Å². The molecule has 36 heavy (non-hydrogen) atoms. The molecule has 0 radical (unpaired) electrons. The number of aryl methyl sites for hydroxylation is 2. The number of sulfonamides is 1. The van der Waals surface area contributed by atoms with Gasteiger partial charge in [-0.05, 0) is 76.4 Å². The molecule has 198 valence electrons. The van der Waals surface area contributed by atoms with Crippen LogP contribution >= 0.6 is 0 Å². The van der Waals surface area contributed by atoms with Gasteiger partial charge in [-0.25, -0.2) is 17.9 Å². The Bertz CT molecular complexity index is 1130. The van der Waals surface area contributed by atoms with Crippen molar-refractivity contribution in [1.82, 2.24) is 19.9 Å². The van der Waals surface area contributed by atoms with Gasteiger partial charge in [0.2, 0.25) is 10.0 Å². The topological polar surface area (TPSA) is 103 Å². The van der Waals surface area contributed by atoms with E-state index in [9.17, 15) is 26.4 Å². The second kappa shape index (κ2) is 12.0. The van der Waals surface area contributed by atoms with Crippen molar-refractivity contribution < 1.29 is 26.4 Å². The molecule has 8 nitrogen and oxygen atoms in total. The molecule has 12 heteroatoms. The zero-order valence-corrected chi connectivity index (χ0v) is 21.2. The number of likely N-dealkylation sites (tertiary alicyclic amines) is 1. The summed E-state index contributed by atoms with van der Waals surface area (Å²) in [6.45, 7) is 6.59. The fourth-order valence-corrected chi connectivity index (χ4v) is 5.59. The number of amides is 2. The summed E-state index contributed by atoms with van der Waals surface area (Å²) in [6.07, 6.45) is -2.50. The molecule has 3 rings (SSSR count). The molecule has 1 aromatic heterocycles. The number of nitrogens with zero attached hydrogens (tertiary/aromatic N) is 2. The van der Waals surface area contributed by atoms with Gasteiger partial charge in [0.15, 0.2) is 0 Å². The van der Waals surface area contributed by atoms with Crippen LogP contribution in [0.5, 0.6) is 0 Å². The standard InChI is InChI=1S/C24H32F3N5O3S/c1-17-15-20(16-18(2)30-17)31-23(33)28-11-14-32-12-8-19(9-13-32)7-10-29-36(34,35)22-6-4-3-5-21(22)24(25,26)27/h3-6,15-16,19,29H,7-14H2,1-2H3,(H2,28,30,31,33). The average molecular weight is 528 g/mol. The quantitative estimate of drug-likeness (QED) is 0.459. The largest absolute Gasteiger partial charge is 0.417 e. The van der Waals surface area contributed by atoms with Gasteiger partial charge in [0.25, 0.3) is 0 Å². The first-order chi connectivity index (χ1) is 16.9. The molecule has 0 bridgehead atoms. The molecule has 0 unspecified atom stereocenters. The Morgan fingerprint density at radius 3 is 2.36 bits per heavy atom. The number of piperidine rings is 1. The highest BCUT2D eigenvalue weighted by atomic mass is 32.2. The fourth-order valence-electron chi connectivity index (χ4n) is 4.32. The van der Waals surface area contributed by atoms with Gasteiger partial charge < -0.3 is 15.5 Å². The molecule has 2 heterocycles. The minimum Gasteiger partial charge on any atom is -0.337 e. The fraction of sp³-hybridized carbons (Fsp3) is 0.500. The predicted octanol–water partition coefficient (Wildman–Crippen LogP) is 3.92. The second-order valence-corrected chi connectivity index (χ2v) is 10.7. The van der Waals surface area contributed by atoms with Crippen molar-refractivity contribution in [2.45, 2.75) is 44.2 Å². The Balaban J connectivity index is 1.36. The SMILES string of the molecule is Cc1cc(NC(=O)NCCN2CCC(CCNS(=O)(=O)c3ccccc3C(F)(F)F)CC2)cc(C)n1. The normalized spacial score (nSPS) is 15.6. The summed E-state index contributed by atoms with van der Waals surface area (Å²) in [5.41, 5.74) is 1.18. The van der Waals surface area contributed by atoms with Crippen molar-refractivity contribution in [3.05, 3.63) is 53.3 Å². The number of benzene rings is 1. The lowest BCUT2D eigenvalue weighted by Gasteiger charge is -2.32. The number of alkyl halides is 3. The molecule has 0 spiro atoms. The van der Waals surface area contributed by atoms with Crippen molar-refractivity contribution in [1.29, 1.82) is 0 Å². The molecular formula is C24H32F3N5O3S. The Morgan fingerprint density at radius 1 is 1.08 bits per heavy atom. The molecule has 0 saturated carbocycles. The molecule has 1 aliphatic rings. The van der Waals surface area contributed by atoms with Crippen LogP contribution in [0.1, 0.15) is 36.2 Å². The first kappa shape index (κ1) is 27.9. The lowest BCUT2D eigenvalue weighted by molar-refractivity contribution is -0.139. The van der Waals surface area contributed by atoms with Crippen molar-refractivity contribution in [3.63, 3.8) is 0 Å². The highest BCUT2D eigenvalue weighted by molar-refractivity contribution is 7.89. The zero-order valence-electron chi connectivity index (χ0n) is 20.4. The molecular weight excluding hydrogens is 495 g/mol. The highest BCUT2D eigenvalue weighted by Gasteiger charge is 2.36. The van der Waals surface area contributed by atoms with Crippen LogP contribution in [0.4, 0.5) is 23.7 Å². The second-order valence-electron chi connectivity index (χ2n) is 8.98. The van der Waals surface area contributed by atoms with Crippen molar-refractivity contribution in [2.75, 3.05) is 38.0 Å². The molecule has 1 aromatic carbocycles. The maximum absolute atomic E-state index is 13.2. The lowest BCUT2D eigenvalue weighted by atomic mass is 9.94. The molecule has 0 atom stereocenters. The Morgan fingerprint density at radius 2 is 1.72 bits per heavy atom. The van der Waals surface area contributed by atoms with Gasteiger partial charge in [0.05, 0.1) is 10.5 Å². The number of carbonyl (C=O) groups excluding carboxylic acids is 1.